The molecule has 1 saturated carbocycles. The second-order valence-corrected chi connectivity index (χ2v) is 10.5. The number of hydrogen-bond acceptors (Lipinski definition) is 0. The van der Waals surface area contributed by atoms with E-state index in [9.17, 15) is 0 Å². The van der Waals surface area contributed by atoms with Crippen LogP contribution in [0.3, 0.4) is 0 Å². The van der Waals surface area contributed by atoms with Gasteiger partial charge in [0.2, 0.25) is 22.6 Å². The molecule has 2 atom stereocenters. The van der Waals surface area contributed by atoms with Crippen LogP contribution in [0, 0.1) is 0 Å². The van der Waals surface area contributed by atoms with Gasteiger partial charge in [-0.1, -0.05) is 60.7 Å². The van der Waals surface area contributed by atoms with E-state index in [1.54, 1.807) is 0 Å². The Kier molecular flexibility index (Phi) is 3.70. The molecule has 3 aliphatic rings. The minimum Gasteiger partial charge on any atom is -0.188 e. The Balaban J connectivity index is 1.45. The normalized spacial score (nSPS) is 24.3. The molecule has 0 spiro atoms. The van der Waals surface area contributed by atoms with Gasteiger partial charge in [-0.25, -0.2) is 0 Å². The number of nitrogens with zero attached hydrogens (tertiary/aromatic N) is 2. The summed E-state index contributed by atoms with van der Waals surface area (Å²) in [5, 5.41) is 0. The Hall–Kier alpha value is -4.30. The molecule has 36 heavy (non-hydrogen) atoms. The lowest BCUT2D eigenvalue weighted by Crippen LogP contribution is -2.52. The Bertz CT molecular complexity index is 1700. The van der Waals surface area contributed by atoms with E-state index in [0.717, 1.165) is 0 Å². The van der Waals surface area contributed by atoms with Gasteiger partial charge in [-0.05, 0) is 47.9 Å². The largest absolute Gasteiger partial charge is 0.226 e. The average Bonchev–Trinajstić information content (AvgIpc) is 3.30. The van der Waals surface area contributed by atoms with Crippen LogP contribution in [0.25, 0.3) is 39.3 Å². The van der Waals surface area contributed by atoms with Gasteiger partial charge in [0.15, 0.2) is 12.4 Å². The third-order valence-electron chi connectivity index (χ3n) is 8.98. The van der Waals surface area contributed by atoms with E-state index in [2.05, 4.69) is 145 Å². The van der Waals surface area contributed by atoms with E-state index in [1.807, 2.05) is 0 Å². The van der Waals surface area contributed by atoms with Gasteiger partial charge < -0.3 is 0 Å². The van der Waals surface area contributed by atoms with E-state index in [-0.39, 0.29) is 11.0 Å². The van der Waals surface area contributed by atoms with Crippen LogP contribution in [0.4, 0.5) is 0 Å². The quantitative estimate of drug-likeness (QED) is 0.245. The molecule has 5 aromatic rings. The summed E-state index contributed by atoms with van der Waals surface area (Å²) in [6.07, 6.45) is 4.54. The van der Waals surface area contributed by atoms with Gasteiger partial charge in [0.05, 0.1) is 27.7 Å². The molecule has 0 amide bonds. The van der Waals surface area contributed by atoms with E-state index in [1.165, 1.54) is 56.0 Å². The number of benzene rings is 3. The van der Waals surface area contributed by atoms with Gasteiger partial charge in [-0.3, -0.25) is 0 Å². The van der Waals surface area contributed by atoms with Crippen LogP contribution in [0.5, 0.6) is 0 Å². The maximum Gasteiger partial charge on any atom is 0.226 e. The van der Waals surface area contributed by atoms with Crippen LogP contribution in [0.2, 0.25) is 0 Å². The second-order valence-electron chi connectivity index (χ2n) is 10.5. The van der Waals surface area contributed by atoms with Crippen molar-refractivity contribution in [1.29, 1.82) is 0 Å². The molecule has 2 unspecified atom stereocenters. The number of hydrogen-bond donors (Lipinski definition) is 0. The van der Waals surface area contributed by atoms with E-state index >= 15 is 0 Å². The number of fused-ring (bicyclic) bond motifs is 9. The lowest BCUT2D eigenvalue weighted by molar-refractivity contribution is -0.727. The first-order valence-electron chi connectivity index (χ1n) is 12.7. The van der Waals surface area contributed by atoms with E-state index in [4.69, 9.17) is 0 Å². The monoisotopic (exact) mass is 462 g/mol. The van der Waals surface area contributed by atoms with E-state index < -0.39 is 0 Å². The van der Waals surface area contributed by atoms with Crippen molar-refractivity contribution in [3.63, 3.8) is 0 Å². The topological polar surface area (TPSA) is 7.76 Å². The summed E-state index contributed by atoms with van der Waals surface area (Å²) >= 11 is 0. The first-order valence-corrected chi connectivity index (χ1v) is 12.7. The van der Waals surface area contributed by atoms with Crippen molar-refractivity contribution in [3.8, 4) is 33.6 Å². The number of aromatic nitrogens is 2. The number of allylic oxidation sites excluding steroid dienone is 1. The summed E-state index contributed by atoms with van der Waals surface area (Å²) in [7, 11) is 0. The molecule has 2 aromatic heterocycles. The van der Waals surface area contributed by atoms with Crippen molar-refractivity contribution in [2.45, 2.75) is 24.8 Å². The predicted octanol–water partition coefficient (Wildman–Crippen LogP) is 6.54. The van der Waals surface area contributed by atoms with Crippen LogP contribution >= 0.6 is 0 Å². The molecule has 0 bridgehead atoms. The fourth-order valence-electron chi connectivity index (χ4n) is 7.10. The van der Waals surface area contributed by atoms with Gasteiger partial charge in [0.25, 0.3) is 0 Å². The fraction of sp³-hybridized carbons (Fsp3) is 0.118. The van der Waals surface area contributed by atoms with Crippen molar-refractivity contribution in [2.75, 3.05) is 0 Å². The summed E-state index contributed by atoms with van der Waals surface area (Å²) in [5.41, 5.74) is 13.0. The number of pyridine rings is 2. The summed E-state index contributed by atoms with van der Waals surface area (Å²) < 4.78 is 4.95. The van der Waals surface area contributed by atoms with Gasteiger partial charge >= 0.3 is 0 Å². The Morgan fingerprint density at radius 1 is 0.556 bits per heavy atom. The molecule has 1 aliphatic carbocycles. The van der Waals surface area contributed by atoms with Crippen molar-refractivity contribution >= 4 is 5.70 Å². The molecular weight excluding hydrogens is 436 g/mol. The third-order valence-corrected chi connectivity index (χ3v) is 8.98. The molecule has 2 nitrogen and oxygen atoms in total. The molecule has 170 valence electrons. The molecule has 0 radical (unpaired) electrons. The first kappa shape index (κ1) is 19.9. The fourth-order valence-corrected chi connectivity index (χ4v) is 7.10. The molecule has 1 fully saturated rings. The van der Waals surface area contributed by atoms with Gasteiger partial charge in [-0.15, -0.1) is 0 Å². The standard InChI is InChI=1S/C34H26N2/c1-33-28-17-9-8-16-27(28)29-18-10-11-20-36(29)34(33,2)32(33)31-26-15-7-6-14-25(26)30-22-24(19-21-35(30)31)23-12-4-3-5-13-23/h3-22H,1-2H3/q+2/b32-31-. The Morgan fingerprint density at radius 2 is 1.25 bits per heavy atom. The summed E-state index contributed by atoms with van der Waals surface area (Å²) in [5.74, 6) is 0. The molecule has 3 aromatic carbocycles. The van der Waals surface area contributed by atoms with E-state index in [0.29, 0.717) is 0 Å². The van der Waals surface area contributed by atoms with Crippen LogP contribution in [-0.4, -0.2) is 0 Å². The molecule has 8 rings (SSSR count). The Morgan fingerprint density at radius 3 is 2.08 bits per heavy atom. The molecule has 0 N–H and O–H groups in total. The van der Waals surface area contributed by atoms with Gasteiger partial charge in [-0.2, -0.15) is 9.13 Å². The van der Waals surface area contributed by atoms with Crippen molar-refractivity contribution in [2.24, 2.45) is 0 Å². The second kappa shape index (κ2) is 6.67. The predicted molar refractivity (Wildman–Crippen MR) is 143 cm³/mol. The first-order chi connectivity index (χ1) is 17.6. The summed E-state index contributed by atoms with van der Waals surface area (Å²) in [4.78, 5) is 0. The van der Waals surface area contributed by atoms with Gasteiger partial charge in [0.1, 0.15) is 0 Å². The third kappa shape index (κ3) is 2.23. The van der Waals surface area contributed by atoms with Crippen molar-refractivity contribution in [3.05, 3.63) is 138 Å². The highest BCUT2D eigenvalue weighted by molar-refractivity contribution is 5.89. The molecular formula is C34H26N2+2. The van der Waals surface area contributed by atoms with Crippen molar-refractivity contribution in [1.82, 2.24) is 0 Å². The van der Waals surface area contributed by atoms with Crippen LogP contribution in [0.1, 0.15) is 25.0 Å². The smallest absolute Gasteiger partial charge is 0.188 e. The molecule has 2 aliphatic heterocycles. The lowest BCUT2D eigenvalue weighted by atomic mass is 9.84. The molecule has 2 heteroatoms. The average molecular weight is 463 g/mol. The molecule has 4 heterocycles. The van der Waals surface area contributed by atoms with Crippen molar-refractivity contribution < 1.29 is 9.13 Å². The minimum atomic E-state index is -0.132. The maximum absolute atomic E-state index is 2.51. The summed E-state index contributed by atoms with van der Waals surface area (Å²) in [6.45, 7) is 4.87. The van der Waals surface area contributed by atoms with Crippen LogP contribution in [0.15, 0.2) is 127 Å². The highest BCUT2D eigenvalue weighted by Gasteiger charge is 2.81. The van der Waals surface area contributed by atoms with Crippen LogP contribution < -0.4 is 9.13 Å². The zero-order valence-corrected chi connectivity index (χ0v) is 20.4. The molecule has 0 saturated heterocycles. The minimum absolute atomic E-state index is 0.0855. The maximum atomic E-state index is 2.51. The van der Waals surface area contributed by atoms with Crippen LogP contribution in [-0.2, 0) is 11.0 Å². The highest BCUT2D eigenvalue weighted by atomic mass is 15.2. The summed E-state index contributed by atoms with van der Waals surface area (Å²) in [6, 6.07) is 39.8. The SMILES string of the molecule is CC12/C(=C3\c4ccccc4-c4cc(-c5ccccc5)cc[n+]43)C1(C)[n+]1ccccc1-c1ccccc12. The Labute approximate surface area is 211 Å². The highest BCUT2D eigenvalue weighted by Crippen LogP contribution is 2.70. The number of rotatable bonds is 1. The van der Waals surface area contributed by atoms with Gasteiger partial charge in [0, 0.05) is 31.2 Å². The zero-order valence-electron chi connectivity index (χ0n) is 20.4. The zero-order chi connectivity index (χ0) is 24.1. The lowest BCUT2D eigenvalue weighted by Gasteiger charge is -2.23.